The molecule has 1 saturated heterocycles. The van der Waals surface area contributed by atoms with Gasteiger partial charge in [-0.25, -0.2) is 0 Å². The molecular formula is C27H30N2O5. The average Bonchev–Trinajstić information content (AvgIpc) is 3.11. The number of carbonyl (C=O) groups is 1. The van der Waals surface area contributed by atoms with E-state index in [1.807, 2.05) is 50.2 Å². The minimum absolute atomic E-state index is 0.134. The molecule has 178 valence electrons. The number of hydrogen-bond acceptors (Lipinski definition) is 6. The van der Waals surface area contributed by atoms with E-state index in [-0.39, 0.29) is 17.1 Å². The van der Waals surface area contributed by atoms with Crippen molar-refractivity contribution in [3.8, 4) is 5.75 Å². The second kappa shape index (κ2) is 9.24. The molecule has 0 N–H and O–H groups in total. The Kier molecular flexibility index (Phi) is 6.15. The Hall–Kier alpha value is -3.16. The number of morpholine rings is 1. The van der Waals surface area contributed by atoms with Crippen molar-refractivity contribution in [2.45, 2.75) is 26.3 Å². The summed E-state index contributed by atoms with van der Waals surface area (Å²) < 4.78 is 17.0. The summed E-state index contributed by atoms with van der Waals surface area (Å²) in [5, 5.41) is 0.542. The quantitative estimate of drug-likeness (QED) is 0.557. The molecule has 1 atom stereocenters. The summed E-state index contributed by atoms with van der Waals surface area (Å²) in [7, 11) is 1.61. The van der Waals surface area contributed by atoms with Crippen LogP contribution in [0.1, 0.15) is 45.3 Å². The highest BCUT2D eigenvalue weighted by atomic mass is 16.5. The van der Waals surface area contributed by atoms with E-state index in [9.17, 15) is 9.59 Å². The molecule has 1 amide bonds. The highest BCUT2D eigenvalue weighted by molar-refractivity contribution is 5.99. The third-order valence-corrected chi connectivity index (χ3v) is 6.80. The smallest absolute Gasteiger partial charge is 0.290 e. The maximum absolute atomic E-state index is 13.8. The zero-order valence-corrected chi connectivity index (χ0v) is 19.9. The molecule has 5 rings (SSSR count). The predicted molar refractivity (Wildman–Crippen MR) is 130 cm³/mol. The van der Waals surface area contributed by atoms with Crippen LogP contribution in [-0.4, -0.2) is 62.2 Å². The van der Waals surface area contributed by atoms with Crippen molar-refractivity contribution >= 4 is 16.9 Å². The molecule has 2 aromatic carbocycles. The third-order valence-electron chi connectivity index (χ3n) is 6.80. The standard InChI is InChI=1S/C27H30N2O5/c1-17-14-18(2)22-21(15-17)34-26-23(25(22)30)24(19-6-4-7-20(16-19)32-3)29(27(26)31)9-5-8-28-10-12-33-13-11-28/h4,6-7,14-16,24H,5,8-13H2,1-3H3/t24-/m0/s1. The number of benzene rings is 2. The van der Waals surface area contributed by atoms with E-state index in [1.54, 1.807) is 12.0 Å². The van der Waals surface area contributed by atoms with Gasteiger partial charge in [0.2, 0.25) is 5.76 Å². The lowest BCUT2D eigenvalue weighted by atomic mass is 9.96. The van der Waals surface area contributed by atoms with Crippen LogP contribution in [-0.2, 0) is 4.74 Å². The first kappa shape index (κ1) is 22.6. The number of carbonyl (C=O) groups excluding carboxylic acids is 1. The van der Waals surface area contributed by atoms with Crippen LogP contribution in [0.2, 0.25) is 0 Å². The zero-order valence-electron chi connectivity index (χ0n) is 19.9. The minimum Gasteiger partial charge on any atom is -0.497 e. The number of ether oxygens (including phenoxy) is 2. The predicted octanol–water partition coefficient (Wildman–Crippen LogP) is 3.69. The molecule has 1 fully saturated rings. The number of amides is 1. The molecule has 3 aromatic rings. The van der Waals surface area contributed by atoms with Crippen LogP contribution in [0.15, 0.2) is 45.6 Å². The fourth-order valence-corrected chi connectivity index (χ4v) is 5.19. The molecule has 0 aliphatic carbocycles. The van der Waals surface area contributed by atoms with E-state index in [0.717, 1.165) is 56.0 Å². The lowest BCUT2D eigenvalue weighted by Gasteiger charge is -2.29. The van der Waals surface area contributed by atoms with Crippen molar-refractivity contribution in [3.05, 3.63) is 74.6 Å². The van der Waals surface area contributed by atoms with Crippen molar-refractivity contribution in [2.75, 3.05) is 46.5 Å². The number of nitrogens with zero attached hydrogens (tertiary/aromatic N) is 2. The van der Waals surface area contributed by atoms with E-state index >= 15 is 0 Å². The van der Waals surface area contributed by atoms with Gasteiger partial charge in [0.1, 0.15) is 11.3 Å². The molecule has 0 saturated carbocycles. The van der Waals surface area contributed by atoms with Gasteiger partial charge in [-0.15, -0.1) is 0 Å². The normalized spacial score (nSPS) is 18.5. The summed E-state index contributed by atoms with van der Waals surface area (Å²) in [4.78, 5) is 31.6. The van der Waals surface area contributed by atoms with Gasteiger partial charge in [0.25, 0.3) is 5.91 Å². The molecular weight excluding hydrogens is 432 g/mol. The van der Waals surface area contributed by atoms with Crippen molar-refractivity contribution < 1.29 is 18.7 Å². The number of methoxy groups -OCH3 is 1. The van der Waals surface area contributed by atoms with Gasteiger partial charge in [-0.1, -0.05) is 18.2 Å². The Morgan fingerprint density at radius 3 is 2.62 bits per heavy atom. The van der Waals surface area contributed by atoms with Gasteiger partial charge in [0.05, 0.1) is 37.3 Å². The van der Waals surface area contributed by atoms with Gasteiger partial charge in [-0.2, -0.15) is 0 Å². The van der Waals surface area contributed by atoms with Crippen molar-refractivity contribution in [1.82, 2.24) is 9.80 Å². The molecule has 7 nitrogen and oxygen atoms in total. The third kappa shape index (κ3) is 3.99. The topological polar surface area (TPSA) is 72.2 Å². The maximum atomic E-state index is 13.8. The molecule has 0 unspecified atom stereocenters. The van der Waals surface area contributed by atoms with E-state index in [4.69, 9.17) is 13.9 Å². The van der Waals surface area contributed by atoms with Gasteiger partial charge >= 0.3 is 0 Å². The Morgan fingerprint density at radius 1 is 1.06 bits per heavy atom. The fourth-order valence-electron chi connectivity index (χ4n) is 5.19. The highest BCUT2D eigenvalue weighted by Gasteiger charge is 2.42. The SMILES string of the molecule is COc1cccc([C@H]2c3c(oc4cc(C)cc(C)c4c3=O)C(=O)N2CCCN2CCOCC2)c1. The molecule has 0 radical (unpaired) electrons. The van der Waals surface area contributed by atoms with Gasteiger partial charge in [-0.3, -0.25) is 14.5 Å². The summed E-state index contributed by atoms with van der Waals surface area (Å²) in [6.07, 6.45) is 0.798. The molecule has 0 spiro atoms. The second-order valence-electron chi connectivity index (χ2n) is 9.11. The fraction of sp³-hybridized carbons (Fsp3) is 0.407. The van der Waals surface area contributed by atoms with Gasteiger partial charge in [-0.05, 0) is 55.2 Å². The number of hydrogen-bond donors (Lipinski definition) is 0. The lowest BCUT2D eigenvalue weighted by molar-refractivity contribution is 0.0353. The van der Waals surface area contributed by atoms with E-state index < -0.39 is 6.04 Å². The molecule has 0 bridgehead atoms. The average molecular weight is 463 g/mol. The monoisotopic (exact) mass is 462 g/mol. The molecule has 7 heteroatoms. The number of fused-ring (bicyclic) bond motifs is 2. The van der Waals surface area contributed by atoms with Crippen LogP contribution in [0, 0.1) is 13.8 Å². The number of rotatable bonds is 6. The van der Waals surface area contributed by atoms with E-state index in [2.05, 4.69) is 4.90 Å². The summed E-state index contributed by atoms with van der Waals surface area (Å²) >= 11 is 0. The van der Waals surface area contributed by atoms with Gasteiger partial charge < -0.3 is 18.8 Å². The van der Waals surface area contributed by atoms with Crippen LogP contribution in [0.4, 0.5) is 0 Å². The molecule has 1 aromatic heterocycles. The first-order chi connectivity index (χ1) is 16.5. The zero-order chi connectivity index (χ0) is 23.8. The van der Waals surface area contributed by atoms with Crippen LogP contribution < -0.4 is 10.2 Å². The second-order valence-corrected chi connectivity index (χ2v) is 9.11. The van der Waals surface area contributed by atoms with Crippen LogP contribution in [0.25, 0.3) is 11.0 Å². The summed E-state index contributed by atoms with van der Waals surface area (Å²) in [6.45, 7) is 8.55. The minimum atomic E-state index is -0.511. The highest BCUT2D eigenvalue weighted by Crippen LogP contribution is 2.39. The first-order valence-corrected chi connectivity index (χ1v) is 11.8. The Balaban J connectivity index is 1.57. The first-order valence-electron chi connectivity index (χ1n) is 11.8. The van der Waals surface area contributed by atoms with Crippen LogP contribution in [0.5, 0.6) is 5.75 Å². The molecule has 2 aliphatic heterocycles. The number of aryl methyl sites for hydroxylation is 2. The van der Waals surface area contributed by atoms with Crippen LogP contribution in [0.3, 0.4) is 0 Å². The molecule has 2 aliphatic rings. The van der Waals surface area contributed by atoms with Crippen molar-refractivity contribution in [3.63, 3.8) is 0 Å². The summed E-state index contributed by atoms with van der Waals surface area (Å²) in [6, 6.07) is 10.9. The largest absolute Gasteiger partial charge is 0.497 e. The molecule has 34 heavy (non-hydrogen) atoms. The van der Waals surface area contributed by atoms with E-state index in [0.29, 0.717) is 28.8 Å². The Labute approximate surface area is 198 Å². The van der Waals surface area contributed by atoms with Crippen LogP contribution >= 0.6 is 0 Å². The Morgan fingerprint density at radius 2 is 1.85 bits per heavy atom. The maximum Gasteiger partial charge on any atom is 0.290 e. The van der Waals surface area contributed by atoms with Gasteiger partial charge in [0.15, 0.2) is 5.43 Å². The van der Waals surface area contributed by atoms with Gasteiger partial charge in [0, 0.05) is 26.2 Å². The van der Waals surface area contributed by atoms with E-state index in [1.165, 1.54) is 0 Å². The summed E-state index contributed by atoms with van der Waals surface area (Å²) in [5.41, 5.74) is 3.44. The Bertz CT molecular complexity index is 1290. The van der Waals surface area contributed by atoms with Crippen molar-refractivity contribution in [2.24, 2.45) is 0 Å². The lowest BCUT2D eigenvalue weighted by Crippen LogP contribution is -2.38. The summed E-state index contributed by atoms with van der Waals surface area (Å²) in [5.74, 6) is 0.605. The van der Waals surface area contributed by atoms with Crippen molar-refractivity contribution in [1.29, 1.82) is 0 Å². The molecule has 3 heterocycles.